The fraction of sp³-hybridized carbons (Fsp3) is 1.00. The highest BCUT2D eigenvalue weighted by Crippen LogP contribution is 2.62. The molecule has 2 fully saturated rings. The summed E-state index contributed by atoms with van der Waals surface area (Å²) in [6.07, 6.45) is 0.783. The molecule has 2 rings (SSSR count). The summed E-state index contributed by atoms with van der Waals surface area (Å²) in [5.41, 5.74) is 0.582. The van der Waals surface area contributed by atoms with E-state index < -0.39 is 9.84 Å². The zero-order valence-electron chi connectivity index (χ0n) is 10.0. The Hall–Kier alpha value is -0.0900. The van der Waals surface area contributed by atoms with Gasteiger partial charge in [-0.2, -0.15) is 0 Å². The molecule has 0 spiro atoms. The van der Waals surface area contributed by atoms with Crippen molar-refractivity contribution in [1.29, 1.82) is 0 Å². The topological polar surface area (TPSA) is 46.2 Å². The van der Waals surface area contributed by atoms with E-state index in [1.165, 1.54) is 0 Å². The van der Waals surface area contributed by atoms with Crippen molar-refractivity contribution < 1.29 is 8.42 Å². The predicted octanol–water partition coefficient (Wildman–Crippen LogP) is 1.20. The fourth-order valence-electron chi connectivity index (χ4n) is 2.78. The summed E-state index contributed by atoms with van der Waals surface area (Å²) in [6.45, 7) is 8.98. The maximum absolute atomic E-state index is 11.3. The summed E-state index contributed by atoms with van der Waals surface area (Å²) in [5, 5.41) is 3.51. The Kier molecular flexibility index (Phi) is 2.26. The smallest absolute Gasteiger partial charge is 0.151 e. The number of sulfone groups is 1. The van der Waals surface area contributed by atoms with Crippen LogP contribution in [0.3, 0.4) is 0 Å². The Bertz CT molecular complexity index is 356. The molecule has 1 aliphatic carbocycles. The lowest BCUT2D eigenvalue weighted by Crippen LogP contribution is -2.35. The maximum Gasteiger partial charge on any atom is 0.151 e. The molecule has 0 radical (unpaired) electrons. The first-order chi connectivity index (χ1) is 6.67. The minimum Gasteiger partial charge on any atom is -0.309 e. The van der Waals surface area contributed by atoms with Gasteiger partial charge in [0.1, 0.15) is 0 Å². The van der Waals surface area contributed by atoms with E-state index in [2.05, 4.69) is 33.0 Å². The van der Waals surface area contributed by atoms with Crippen LogP contribution in [0.15, 0.2) is 0 Å². The Labute approximate surface area is 92.6 Å². The molecule has 1 heterocycles. The van der Waals surface area contributed by atoms with E-state index in [9.17, 15) is 8.42 Å². The van der Waals surface area contributed by atoms with Crippen molar-refractivity contribution in [2.24, 2.45) is 10.8 Å². The average molecular weight is 231 g/mol. The van der Waals surface area contributed by atoms with Crippen molar-refractivity contribution in [1.82, 2.24) is 5.32 Å². The summed E-state index contributed by atoms with van der Waals surface area (Å²) in [5.74, 6) is 0.688. The minimum absolute atomic E-state index is 0.182. The van der Waals surface area contributed by atoms with Gasteiger partial charge < -0.3 is 5.32 Å². The first-order valence-electron chi connectivity index (χ1n) is 5.63. The lowest BCUT2D eigenvalue weighted by molar-refractivity contribution is 0.457. The van der Waals surface area contributed by atoms with Crippen molar-refractivity contribution in [3.63, 3.8) is 0 Å². The summed E-state index contributed by atoms with van der Waals surface area (Å²) >= 11 is 0. The highest BCUT2D eigenvalue weighted by atomic mass is 32.2. The van der Waals surface area contributed by atoms with Gasteiger partial charge >= 0.3 is 0 Å². The molecule has 4 heteroatoms. The highest BCUT2D eigenvalue weighted by Gasteiger charge is 2.65. The molecule has 1 N–H and O–H groups in total. The number of nitrogens with one attached hydrogen (secondary N) is 1. The number of rotatable bonds is 2. The molecular weight excluding hydrogens is 210 g/mol. The van der Waals surface area contributed by atoms with Gasteiger partial charge in [-0.15, -0.1) is 0 Å². The third-order valence-electron chi connectivity index (χ3n) is 4.66. The quantitative estimate of drug-likeness (QED) is 0.776. The van der Waals surface area contributed by atoms with E-state index in [0.717, 1.165) is 6.42 Å². The molecule has 0 amide bonds. The zero-order chi connectivity index (χ0) is 11.5. The Morgan fingerprint density at radius 2 is 1.67 bits per heavy atom. The second-order valence-electron chi connectivity index (χ2n) is 6.14. The first-order valence-corrected chi connectivity index (χ1v) is 7.45. The highest BCUT2D eigenvalue weighted by molar-refractivity contribution is 7.91. The SMILES string of the molecule is CC1(C)C(NC2CCS(=O)(=O)C2)C1(C)C. The van der Waals surface area contributed by atoms with Crippen LogP contribution in [-0.4, -0.2) is 32.0 Å². The van der Waals surface area contributed by atoms with Gasteiger partial charge in [-0.25, -0.2) is 8.42 Å². The fourth-order valence-corrected chi connectivity index (χ4v) is 4.46. The molecule has 0 aromatic carbocycles. The van der Waals surface area contributed by atoms with Crippen molar-refractivity contribution >= 4 is 9.84 Å². The van der Waals surface area contributed by atoms with Gasteiger partial charge in [-0.3, -0.25) is 0 Å². The molecule has 1 aliphatic heterocycles. The van der Waals surface area contributed by atoms with Crippen LogP contribution >= 0.6 is 0 Å². The van der Waals surface area contributed by atoms with Crippen LogP contribution in [0, 0.1) is 10.8 Å². The van der Waals surface area contributed by atoms with Crippen LogP contribution in [-0.2, 0) is 9.84 Å². The Morgan fingerprint density at radius 1 is 1.13 bits per heavy atom. The van der Waals surface area contributed by atoms with Crippen LogP contribution in [0.25, 0.3) is 0 Å². The van der Waals surface area contributed by atoms with Crippen LogP contribution in [0.4, 0.5) is 0 Å². The second-order valence-corrected chi connectivity index (χ2v) is 8.37. The van der Waals surface area contributed by atoms with Gasteiger partial charge in [0.05, 0.1) is 11.5 Å². The van der Waals surface area contributed by atoms with Gasteiger partial charge in [0.2, 0.25) is 0 Å². The predicted molar refractivity (Wildman–Crippen MR) is 61.5 cm³/mol. The van der Waals surface area contributed by atoms with Crippen LogP contribution in [0.1, 0.15) is 34.1 Å². The molecule has 0 aromatic rings. The Morgan fingerprint density at radius 3 is 2.00 bits per heavy atom. The molecular formula is C11H21NO2S. The van der Waals surface area contributed by atoms with Crippen molar-refractivity contribution in [2.75, 3.05) is 11.5 Å². The van der Waals surface area contributed by atoms with Gasteiger partial charge in [-0.05, 0) is 17.3 Å². The minimum atomic E-state index is -2.75. The largest absolute Gasteiger partial charge is 0.309 e. The monoisotopic (exact) mass is 231 g/mol. The molecule has 0 bridgehead atoms. The third kappa shape index (κ3) is 1.72. The van der Waals surface area contributed by atoms with E-state index in [0.29, 0.717) is 28.4 Å². The lowest BCUT2D eigenvalue weighted by Gasteiger charge is -2.12. The number of hydrogen-bond acceptors (Lipinski definition) is 3. The maximum atomic E-state index is 11.3. The summed E-state index contributed by atoms with van der Waals surface area (Å²) in [7, 11) is -2.75. The molecule has 2 aliphatic rings. The first kappa shape index (κ1) is 11.4. The molecule has 0 aromatic heterocycles. The van der Waals surface area contributed by atoms with Crippen LogP contribution < -0.4 is 5.32 Å². The van der Waals surface area contributed by atoms with Crippen molar-refractivity contribution in [2.45, 2.75) is 46.2 Å². The summed E-state index contributed by atoms with van der Waals surface area (Å²) in [6, 6.07) is 0.643. The summed E-state index contributed by atoms with van der Waals surface area (Å²) in [4.78, 5) is 0. The molecule has 15 heavy (non-hydrogen) atoms. The number of hydrogen-bond donors (Lipinski definition) is 1. The van der Waals surface area contributed by atoms with E-state index in [1.807, 2.05) is 0 Å². The van der Waals surface area contributed by atoms with Crippen molar-refractivity contribution in [3.8, 4) is 0 Å². The van der Waals surface area contributed by atoms with Gasteiger partial charge in [-0.1, -0.05) is 27.7 Å². The van der Waals surface area contributed by atoms with E-state index in [4.69, 9.17) is 0 Å². The molecule has 88 valence electrons. The average Bonchev–Trinajstić information content (AvgIpc) is 2.44. The standard InChI is InChI=1S/C11H21NO2S/c1-10(2)9(11(10,3)4)12-8-5-6-15(13,14)7-8/h8-9,12H,5-7H2,1-4H3. The normalized spacial score (nSPS) is 36.7. The van der Waals surface area contributed by atoms with E-state index >= 15 is 0 Å². The summed E-state index contributed by atoms with van der Waals surface area (Å²) < 4.78 is 22.7. The van der Waals surface area contributed by atoms with Gasteiger partial charge in [0.15, 0.2) is 9.84 Å². The van der Waals surface area contributed by atoms with Crippen molar-refractivity contribution in [3.05, 3.63) is 0 Å². The van der Waals surface area contributed by atoms with Gasteiger partial charge in [0.25, 0.3) is 0 Å². The van der Waals surface area contributed by atoms with E-state index in [-0.39, 0.29) is 6.04 Å². The van der Waals surface area contributed by atoms with Gasteiger partial charge in [0, 0.05) is 12.1 Å². The third-order valence-corrected chi connectivity index (χ3v) is 6.42. The molecule has 1 unspecified atom stereocenters. The second kappa shape index (κ2) is 2.98. The Balaban J connectivity index is 1.97. The molecule has 1 atom stereocenters. The zero-order valence-corrected chi connectivity index (χ0v) is 10.8. The molecule has 1 saturated carbocycles. The van der Waals surface area contributed by atoms with Crippen LogP contribution in [0.2, 0.25) is 0 Å². The lowest BCUT2D eigenvalue weighted by atomic mass is 10.0. The van der Waals surface area contributed by atoms with Crippen LogP contribution in [0.5, 0.6) is 0 Å². The molecule has 3 nitrogen and oxygen atoms in total. The molecule has 1 saturated heterocycles. The van der Waals surface area contributed by atoms with E-state index in [1.54, 1.807) is 0 Å².